The first-order chi connectivity index (χ1) is 12.4. The molecule has 0 amide bonds. The minimum atomic E-state index is -0.738. The van der Waals surface area contributed by atoms with Crippen LogP contribution < -0.4 is 10.5 Å². The summed E-state index contributed by atoms with van der Waals surface area (Å²) >= 11 is 3.60. The number of guanidine groups is 1. The van der Waals surface area contributed by atoms with Crippen molar-refractivity contribution in [1.82, 2.24) is 4.90 Å². The van der Waals surface area contributed by atoms with Crippen molar-refractivity contribution in [3.05, 3.63) is 58.1 Å². The van der Waals surface area contributed by atoms with Crippen LogP contribution in [0.2, 0.25) is 0 Å². The normalized spacial score (nSPS) is 28.7. The van der Waals surface area contributed by atoms with Crippen molar-refractivity contribution in [3.63, 3.8) is 0 Å². The van der Waals surface area contributed by atoms with E-state index in [1.54, 1.807) is 0 Å². The summed E-state index contributed by atoms with van der Waals surface area (Å²) in [5, 5.41) is 0. The largest absolute Gasteiger partial charge is 0.484 e. The van der Waals surface area contributed by atoms with E-state index in [0.717, 1.165) is 40.2 Å². The van der Waals surface area contributed by atoms with Gasteiger partial charge in [-0.1, -0.05) is 34.1 Å². The van der Waals surface area contributed by atoms with Gasteiger partial charge in [0, 0.05) is 17.1 Å². The fourth-order valence-corrected chi connectivity index (χ4v) is 4.73. The molecule has 0 aliphatic carbocycles. The van der Waals surface area contributed by atoms with Gasteiger partial charge < -0.3 is 15.4 Å². The molecule has 0 aromatic heterocycles. The van der Waals surface area contributed by atoms with Crippen LogP contribution in [-0.4, -0.2) is 29.3 Å². The predicted molar refractivity (Wildman–Crippen MR) is 106 cm³/mol. The maximum atomic E-state index is 6.51. The van der Waals surface area contributed by atoms with E-state index in [-0.39, 0.29) is 0 Å². The number of ether oxygens (including phenoxy) is 1. The summed E-state index contributed by atoms with van der Waals surface area (Å²) in [4.78, 5) is 11.9. The van der Waals surface area contributed by atoms with E-state index in [0.29, 0.717) is 5.96 Å². The van der Waals surface area contributed by atoms with Crippen LogP contribution in [0.25, 0.3) is 0 Å². The lowest BCUT2D eigenvalue weighted by Gasteiger charge is -2.39. The summed E-state index contributed by atoms with van der Waals surface area (Å²) in [6.45, 7) is 2.13. The first-order valence-electron chi connectivity index (χ1n) is 8.70. The Morgan fingerprint density at radius 3 is 2.88 bits per heavy atom. The molecule has 2 N–H and O–H groups in total. The van der Waals surface area contributed by atoms with Crippen LogP contribution in [0.15, 0.2) is 56.9 Å². The molecule has 0 saturated heterocycles. The molecule has 6 heteroatoms. The van der Waals surface area contributed by atoms with Crippen molar-refractivity contribution in [1.29, 1.82) is 0 Å². The second-order valence-corrected chi connectivity index (χ2v) is 8.19. The number of nitrogens with zero attached hydrogens (tertiary/aromatic N) is 3. The summed E-state index contributed by atoms with van der Waals surface area (Å²) in [7, 11) is 1.92. The second kappa shape index (κ2) is 5.10. The van der Waals surface area contributed by atoms with Gasteiger partial charge in [-0.3, -0.25) is 0 Å². The molecular formula is C20H19BrN4O. The SMILES string of the molecule is CN1C(N)=NC23C1=Nc1ccccc1CCC2(C)Oc1ccc(Br)cc13. The van der Waals surface area contributed by atoms with Crippen molar-refractivity contribution in [2.45, 2.75) is 30.9 Å². The van der Waals surface area contributed by atoms with E-state index in [9.17, 15) is 0 Å². The molecule has 5 rings (SSSR count). The highest BCUT2D eigenvalue weighted by atomic mass is 79.9. The predicted octanol–water partition coefficient (Wildman–Crippen LogP) is 3.73. The van der Waals surface area contributed by atoms with E-state index in [1.165, 1.54) is 5.56 Å². The number of para-hydroxylation sites is 1. The molecule has 3 aliphatic heterocycles. The lowest BCUT2D eigenvalue weighted by molar-refractivity contribution is 0.0584. The Bertz CT molecular complexity index is 1000. The number of benzene rings is 2. The molecule has 0 saturated carbocycles. The molecular weight excluding hydrogens is 392 g/mol. The van der Waals surface area contributed by atoms with Crippen LogP contribution in [0.1, 0.15) is 24.5 Å². The molecule has 132 valence electrons. The molecule has 26 heavy (non-hydrogen) atoms. The third-order valence-corrected chi connectivity index (χ3v) is 6.28. The zero-order valence-electron chi connectivity index (χ0n) is 14.7. The van der Waals surface area contributed by atoms with Gasteiger partial charge in [0.05, 0.1) is 5.69 Å². The topological polar surface area (TPSA) is 63.2 Å². The molecule has 2 atom stereocenters. The summed E-state index contributed by atoms with van der Waals surface area (Å²) < 4.78 is 7.50. The van der Waals surface area contributed by atoms with Crippen LogP contribution in [-0.2, 0) is 12.0 Å². The van der Waals surface area contributed by atoms with Gasteiger partial charge in [-0.25, -0.2) is 9.98 Å². The highest BCUT2D eigenvalue weighted by molar-refractivity contribution is 9.10. The fourth-order valence-electron chi connectivity index (χ4n) is 4.37. The molecule has 3 heterocycles. The Morgan fingerprint density at radius 2 is 2.04 bits per heavy atom. The second-order valence-electron chi connectivity index (χ2n) is 7.28. The van der Waals surface area contributed by atoms with Gasteiger partial charge in [-0.15, -0.1) is 0 Å². The number of hydrogen-bond acceptors (Lipinski definition) is 5. The summed E-state index contributed by atoms with van der Waals surface area (Å²) in [6.07, 6.45) is 1.69. The zero-order valence-corrected chi connectivity index (χ0v) is 16.2. The number of rotatable bonds is 0. The summed E-state index contributed by atoms with van der Waals surface area (Å²) in [6, 6.07) is 14.3. The molecule has 0 bridgehead atoms. The van der Waals surface area contributed by atoms with Gasteiger partial charge >= 0.3 is 0 Å². The molecule has 0 radical (unpaired) electrons. The summed E-state index contributed by atoms with van der Waals surface area (Å²) in [5.41, 5.74) is 8.20. The third-order valence-electron chi connectivity index (χ3n) is 5.79. The maximum Gasteiger partial charge on any atom is 0.198 e. The molecule has 1 spiro atoms. The van der Waals surface area contributed by atoms with Crippen molar-refractivity contribution in [2.24, 2.45) is 15.7 Å². The van der Waals surface area contributed by atoms with Crippen molar-refractivity contribution in [3.8, 4) is 5.75 Å². The molecule has 2 aromatic carbocycles. The van der Waals surface area contributed by atoms with Crippen LogP contribution in [0.5, 0.6) is 5.75 Å². The zero-order chi connectivity index (χ0) is 18.1. The van der Waals surface area contributed by atoms with Crippen LogP contribution >= 0.6 is 15.9 Å². The van der Waals surface area contributed by atoms with E-state index >= 15 is 0 Å². The van der Waals surface area contributed by atoms with E-state index in [1.807, 2.05) is 30.1 Å². The standard InChI is InChI=1S/C20H19BrN4O/c1-19-10-9-12-5-3-4-6-15(12)23-17-20(19,24-18(22)25(17)2)14-11-13(21)7-8-16(14)26-19/h3-8,11H,9-10H2,1-2H3,(H2,22,24). The van der Waals surface area contributed by atoms with Crippen LogP contribution in [0.4, 0.5) is 5.69 Å². The third kappa shape index (κ3) is 1.85. The number of nitrogens with two attached hydrogens (primary N) is 1. The number of aliphatic imine (C=N–C) groups is 2. The van der Waals surface area contributed by atoms with Crippen molar-refractivity contribution >= 4 is 33.4 Å². The Morgan fingerprint density at radius 1 is 1.23 bits per heavy atom. The monoisotopic (exact) mass is 410 g/mol. The summed E-state index contributed by atoms with van der Waals surface area (Å²) in [5.74, 6) is 2.13. The minimum absolute atomic E-state index is 0.464. The molecule has 3 aliphatic rings. The van der Waals surface area contributed by atoms with Gasteiger partial charge in [0.1, 0.15) is 17.2 Å². The number of halogens is 1. The highest BCUT2D eigenvalue weighted by Crippen LogP contribution is 2.56. The van der Waals surface area contributed by atoms with Gasteiger partial charge in [-0.2, -0.15) is 0 Å². The lowest BCUT2D eigenvalue weighted by atomic mass is 9.73. The first-order valence-corrected chi connectivity index (χ1v) is 9.49. The van der Waals surface area contributed by atoms with Gasteiger partial charge in [-0.05, 0) is 49.6 Å². The lowest BCUT2D eigenvalue weighted by Crippen LogP contribution is -2.54. The quantitative estimate of drug-likeness (QED) is 0.719. The van der Waals surface area contributed by atoms with Crippen LogP contribution in [0.3, 0.4) is 0 Å². The Kier molecular flexibility index (Phi) is 3.11. The van der Waals surface area contributed by atoms with Crippen molar-refractivity contribution in [2.75, 3.05) is 7.05 Å². The minimum Gasteiger partial charge on any atom is -0.484 e. The highest BCUT2D eigenvalue weighted by Gasteiger charge is 2.65. The molecule has 2 unspecified atom stereocenters. The van der Waals surface area contributed by atoms with Gasteiger partial charge in [0.15, 0.2) is 11.5 Å². The average Bonchev–Trinajstić information content (AvgIpc) is 3.00. The molecule has 0 fully saturated rings. The van der Waals surface area contributed by atoms with E-state index in [4.69, 9.17) is 20.5 Å². The number of amidine groups is 1. The average molecular weight is 411 g/mol. The van der Waals surface area contributed by atoms with E-state index < -0.39 is 11.1 Å². The Balaban J connectivity index is 1.86. The van der Waals surface area contributed by atoms with Gasteiger partial charge in [0.25, 0.3) is 0 Å². The maximum absolute atomic E-state index is 6.51. The van der Waals surface area contributed by atoms with E-state index in [2.05, 4.69) is 47.1 Å². The smallest absolute Gasteiger partial charge is 0.198 e. The number of likely N-dealkylation sites (N-methyl/N-ethyl adjacent to an activating group) is 1. The first kappa shape index (κ1) is 15.9. The van der Waals surface area contributed by atoms with Gasteiger partial charge in [0.2, 0.25) is 0 Å². The Labute approximate surface area is 160 Å². The Hall–Kier alpha value is -2.34. The number of aryl methyl sites for hydroxylation is 1. The van der Waals surface area contributed by atoms with Crippen molar-refractivity contribution < 1.29 is 4.74 Å². The fraction of sp³-hybridized carbons (Fsp3) is 0.300. The number of fused-ring (bicyclic) bond motifs is 2. The molecule has 5 nitrogen and oxygen atoms in total. The number of hydrogen-bond donors (Lipinski definition) is 1. The van der Waals surface area contributed by atoms with Crippen LogP contribution in [0, 0.1) is 0 Å². The molecule has 2 aromatic rings.